The van der Waals surface area contributed by atoms with Gasteiger partial charge in [0.1, 0.15) is 22.7 Å². The maximum absolute atomic E-state index is 15.0. The molecular formula is C40H38F2N2S. The minimum absolute atomic E-state index is 0.188. The van der Waals surface area contributed by atoms with Crippen molar-refractivity contribution in [1.82, 2.24) is 8.75 Å². The Bertz CT molecular complexity index is 1780. The summed E-state index contributed by atoms with van der Waals surface area (Å²) in [6.45, 7) is 8.74. The Morgan fingerprint density at radius 1 is 0.489 bits per heavy atom. The SMILES string of the molecule is CC(C)CCc1ccc(-c2ccc(-c3ccc(-c4ccc(-c5ccc(CCC(C)C)cc5F)cc4)c4nsnc34)cc2)c(F)c1. The monoisotopic (exact) mass is 616 g/mol. The van der Waals surface area contributed by atoms with Gasteiger partial charge in [0.25, 0.3) is 0 Å². The van der Waals surface area contributed by atoms with Crippen LogP contribution in [0.15, 0.2) is 97.1 Å². The average molecular weight is 617 g/mol. The van der Waals surface area contributed by atoms with Gasteiger partial charge in [-0.05, 0) is 83.0 Å². The molecule has 0 amide bonds. The van der Waals surface area contributed by atoms with Gasteiger partial charge in [-0.15, -0.1) is 0 Å². The molecule has 6 rings (SSSR count). The minimum Gasteiger partial charge on any atom is -0.206 e. The van der Waals surface area contributed by atoms with Crippen LogP contribution in [0.25, 0.3) is 55.5 Å². The molecule has 1 aromatic heterocycles. The number of rotatable bonds is 10. The second-order valence-corrected chi connectivity index (χ2v) is 13.3. The molecule has 0 saturated carbocycles. The Morgan fingerprint density at radius 2 is 0.822 bits per heavy atom. The highest BCUT2D eigenvalue weighted by molar-refractivity contribution is 7.00. The maximum atomic E-state index is 15.0. The number of hydrogen-bond donors (Lipinski definition) is 0. The zero-order valence-corrected chi connectivity index (χ0v) is 27.1. The molecule has 0 saturated heterocycles. The second-order valence-electron chi connectivity index (χ2n) is 12.8. The quantitative estimate of drug-likeness (QED) is 0.153. The van der Waals surface area contributed by atoms with Gasteiger partial charge < -0.3 is 0 Å². The third-order valence-corrected chi connectivity index (χ3v) is 9.05. The molecule has 5 aromatic carbocycles. The van der Waals surface area contributed by atoms with Crippen molar-refractivity contribution in [2.24, 2.45) is 11.8 Å². The number of halogens is 2. The van der Waals surface area contributed by atoms with Crippen molar-refractivity contribution in [3.8, 4) is 44.5 Å². The van der Waals surface area contributed by atoms with Crippen molar-refractivity contribution in [3.63, 3.8) is 0 Å². The summed E-state index contributed by atoms with van der Waals surface area (Å²) >= 11 is 1.19. The Morgan fingerprint density at radius 3 is 1.16 bits per heavy atom. The summed E-state index contributed by atoms with van der Waals surface area (Å²) in [7, 11) is 0. The molecule has 0 bridgehead atoms. The molecule has 0 fully saturated rings. The highest BCUT2D eigenvalue weighted by Crippen LogP contribution is 2.36. The number of nitrogens with zero attached hydrogens (tertiary/aromatic N) is 2. The number of fused-ring (bicyclic) bond motifs is 1. The standard InChI is InChI=1S/C40H38F2N2S/c1-25(2)5-7-27-9-19-33(37(41)23-27)29-11-15-31(16-12-29)35-21-22-36(40-39(35)43-45-44-40)32-17-13-30(14-18-32)34-20-10-28(24-38(34)42)8-6-26(3)4/h9-26H,5-8H2,1-4H3. The summed E-state index contributed by atoms with van der Waals surface area (Å²) in [6, 6.07) is 31.3. The predicted octanol–water partition coefficient (Wildman–Crippen LogP) is 11.8. The van der Waals surface area contributed by atoms with Crippen LogP contribution in [-0.2, 0) is 12.8 Å². The van der Waals surface area contributed by atoms with E-state index in [4.69, 9.17) is 0 Å². The van der Waals surface area contributed by atoms with E-state index < -0.39 is 0 Å². The fourth-order valence-corrected chi connectivity index (χ4v) is 6.37. The van der Waals surface area contributed by atoms with Gasteiger partial charge in [0.2, 0.25) is 0 Å². The van der Waals surface area contributed by atoms with Crippen molar-refractivity contribution in [2.45, 2.75) is 53.4 Å². The van der Waals surface area contributed by atoms with E-state index in [0.717, 1.165) is 81.2 Å². The first-order valence-corrected chi connectivity index (χ1v) is 16.5. The van der Waals surface area contributed by atoms with E-state index in [2.05, 4.69) is 48.6 Å². The van der Waals surface area contributed by atoms with E-state index in [-0.39, 0.29) is 11.6 Å². The third-order valence-electron chi connectivity index (χ3n) is 8.52. The normalized spacial score (nSPS) is 11.6. The van der Waals surface area contributed by atoms with Crippen LogP contribution < -0.4 is 0 Å². The van der Waals surface area contributed by atoms with Crippen LogP contribution in [0.3, 0.4) is 0 Å². The first-order valence-electron chi connectivity index (χ1n) is 15.8. The van der Waals surface area contributed by atoms with Crippen LogP contribution in [0, 0.1) is 23.5 Å². The first-order chi connectivity index (χ1) is 21.8. The van der Waals surface area contributed by atoms with Gasteiger partial charge in [-0.2, -0.15) is 8.75 Å². The highest BCUT2D eigenvalue weighted by atomic mass is 32.1. The Hall–Kier alpha value is -4.22. The molecule has 2 nitrogen and oxygen atoms in total. The molecule has 6 aromatic rings. The van der Waals surface area contributed by atoms with Gasteiger partial charge in [-0.1, -0.05) is 113 Å². The van der Waals surface area contributed by atoms with Crippen LogP contribution in [0.1, 0.15) is 51.7 Å². The Balaban J connectivity index is 1.23. The Labute approximate surface area is 269 Å². The third kappa shape index (κ3) is 6.89. The fourth-order valence-electron chi connectivity index (χ4n) is 5.80. The zero-order valence-electron chi connectivity index (χ0n) is 26.3. The van der Waals surface area contributed by atoms with Crippen molar-refractivity contribution < 1.29 is 8.78 Å². The molecule has 0 aliphatic carbocycles. The van der Waals surface area contributed by atoms with E-state index in [1.54, 1.807) is 12.1 Å². The smallest absolute Gasteiger partial charge is 0.131 e. The lowest BCUT2D eigenvalue weighted by molar-refractivity contribution is 0.582. The number of benzene rings is 5. The lowest BCUT2D eigenvalue weighted by Crippen LogP contribution is -1.94. The molecule has 0 aliphatic heterocycles. The molecule has 0 spiro atoms. The molecule has 0 N–H and O–H groups in total. The topological polar surface area (TPSA) is 25.8 Å². The van der Waals surface area contributed by atoms with Crippen molar-refractivity contribution >= 4 is 22.8 Å². The Kier molecular flexibility index (Phi) is 9.18. The van der Waals surface area contributed by atoms with Gasteiger partial charge >= 0.3 is 0 Å². The number of aryl methyl sites for hydroxylation is 2. The van der Waals surface area contributed by atoms with Crippen LogP contribution in [0.4, 0.5) is 8.78 Å². The van der Waals surface area contributed by atoms with Crippen LogP contribution >= 0.6 is 11.7 Å². The molecule has 1 heterocycles. The zero-order chi connectivity index (χ0) is 31.5. The molecule has 228 valence electrons. The molecule has 0 unspecified atom stereocenters. The predicted molar refractivity (Wildman–Crippen MR) is 185 cm³/mol. The van der Waals surface area contributed by atoms with Gasteiger partial charge in [-0.3, -0.25) is 0 Å². The minimum atomic E-state index is -0.188. The average Bonchev–Trinajstić information content (AvgIpc) is 3.53. The summed E-state index contributed by atoms with van der Waals surface area (Å²) in [5, 5.41) is 0. The summed E-state index contributed by atoms with van der Waals surface area (Å²) < 4.78 is 39.4. The van der Waals surface area contributed by atoms with Crippen LogP contribution in [-0.4, -0.2) is 8.75 Å². The summed E-state index contributed by atoms with van der Waals surface area (Å²) in [4.78, 5) is 0. The summed E-state index contributed by atoms with van der Waals surface area (Å²) in [5.74, 6) is 0.805. The summed E-state index contributed by atoms with van der Waals surface area (Å²) in [5.41, 5.74) is 10.6. The van der Waals surface area contributed by atoms with Crippen molar-refractivity contribution in [3.05, 3.63) is 120 Å². The molecule has 5 heteroatoms. The fraction of sp³-hybridized carbons (Fsp3) is 0.250. The van der Waals surface area contributed by atoms with Crippen molar-refractivity contribution in [2.75, 3.05) is 0 Å². The molecular weight excluding hydrogens is 579 g/mol. The molecule has 0 radical (unpaired) electrons. The van der Waals surface area contributed by atoms with E-state index in [0.29, 0.717) is 23.0 Å². The molecule has 0 atom stereocenters. The van der Waals surface area contributed by atoms with Crippen LogP contribution in [0.2, 0.25) is 0 Å². The number of aromatic nitrogens is 2. The second kappa shape index (κ2) is 13.4. The van der Waals surface area contributed by atoms with Crippen molar-refractivity contribution in [1.29, 1.82) is 0 Å². The maximum Gasteiger partial charge on any atom is 0.131 e. The van der Waals surface area contributed by atoms with E-state index >= 15 is 8.78 Å². The number of hydrogen-bond acceptors (Lipinski definition) is 3. The van der Waals surface area contributed by atoms with Gasteiger partial charge in [0.05, 0.1) is 11.7 Å². The van der Waals surface area contributed by atoms with Gasteiger partial charge in [0, 0.05) is 22.3 Å². The molecule has 45 heavy (non-hydrogen) atoms. The summed E-state index contributed by atoms with van der Waals surface area (Å²) in [6.07, 6.45) is 3.86. The van der Waals surface area contributed by atoms with E-state index in [1.807, 2.05) is 72.8 Å². The van der Waals surface area contributed by atoms with Crippen LogP contribution in [0.5, 0.6) is 0 Å². The van der Waals surface area contributed by atoms with Gasteiger partial charge in [-0.25, -0.2) is 8.78 Å². The van der Waals surface area contributed by atoms with E-state index in [1.165, 1.54) is 11.7 Å². The van der Waals surface area contributed by atoms with E-state index in [9.17, 15) is 0 Å². The lowest BCUT2D eigenvalue weighted by atomic mass is 9.94. The van der Waals surface area contributed by atoms with Gasteiger partial charge in [0.15, 0.2) is 0 Å². The largest absolute Gasteiger partial charge is 0.206 e. The first kappa shape index (κ1) is 30.8. The lowest BCUT2D eigenvalue weighted by Gasteiger charge is -2.11. The molecule has 0 aliphatic rings. The highest BCUT2D eigenvalue weighted by Gasteiger charge is 2.15.